The zero-order chi connectivity index (χ0) is 18.1. The molecule has 7 heteroatoms. The topological polar surface area (TPSA) is 90.2 Å². The Labute approximate surface area is 156 Å². The largest absolute Gasteiger partial charge is 0.394 e. The van der Waals surface area contributed by atoms with Crippen LogP contribution in [-0.4, -0.2) is 62.8 Å². The van der Waals surface area contributed by atoms with Gasteiger partial charge in [0.1, 0.15) is 24.4 Å². The average molecular weight is 387 g/mol. The summed E-state index contributed by atoms with van der Waals surface area (Å²) >= 11 is 7.56. The van der Waals surface area contributed by atoms with Crippen molar-refractivity contribution < 1.29 is 25.2 Å². The molecule has 0 spiro atoms. The summed E-state index contributed by atoms with van der Waals surface area (Å²) < 4.78 is 5.70. The molecular formula is C18H23ClO5S. The number of allylic oxidation sites excluding steroid dienone is 2. The van der Waals surface area contributed by atoms with Gasteiger partial charge >= 0.3 is 0 Å². The molecule has 0 saturated carbocycles. The van der Waals surface area contributed by atoms with Crippen molar-refractivity contribution in [1.29, 1.82) is 0 Å². The number of benzene rings is 1. The highest BCUT2D eigenvalue weighted by molar-refractivity contribution is 8.04. The minimum absolute atomic E-state index is 0.0616. The quantitative estimate of drug-likeness (QED) is 0.627. The standard InChI is InChI=1S/C18H23ClO5S/c1-9-6-14(18-17(23)16(22)15(21)12(8-20)24-18)25-13(9)7-10-2-4-11(19)5-3-10/h2-5,12,14-18,20-23H,6-8H2,1H3/t12-,14?,15-,16+,17-,18+/m1/s1. The highest BCUT2D eigenvalue weighted by Gasteiger charge is 2.47. The lowest BCUT2D eigenvalue weighted by Gasteiger charge is -2.42. The van der Waals surface area contributed by atoms with E-state index < -0.39 is 37.1 Å². The second-order valence-electron chi connectivity index (χ2n) is 6.66. The molecule has 0 radical (unpaired) electrons. The van der Waals surface area contributed by atoms with Gasteiger partial charge in [0, 0.05) is 16.7 Å². The molecule has 1 saturated heterocycles. The van der Waals surface area contributed by atoms with E-state index in [4.69, 9.17) is 16.3 Å². The second kappa shape index (κ2) is 7.96. The molecule has 1 aromatic carbocycles. The Bertz CT molecular complexity index is 633. The van der Waals surface area contributed by atoms with Gasteiger partial charge in [-0.25, -0.2) is 0 Å². The Morgan fingerprint density at radius 1 is 1.12 bits per heavy atom. The first-order valence-electron chi connectivity index (χ1n) is 8.31. The van der Waals surface area contributed by atoms with Gasteiger partial charge in [-0.2, -0.15) is 0 Å². The molecule has 2 heterocycles. The van der Waals surface area contributed by atoms with E-state index >= 15 is 0 Å². The van der Waals surface area contributed by atoms with E-state index in [0.717, 1.165) is 18.4 Å². The molecule has 138 valence electrons. The zero-order valence-corrected chi connectivity index (χ0v) is 15.5. The Kier molecular flexibility index (Phi) is 6.11. The maximum absolute atomic E-state index is 10.3. The molecule has 4 N–H and O–H groups in total. The third-order valence-corrected chi connectivity index (χ3v) is 6.62. The molecule has 1 fully saturated rings. The number of hydrogen-bond acceptors (Lipinski definition) is 6. The van der Waals surface area contributed by atoms with Crippen LogP contribution in [0.1, 0.15) is 18.9 Å². The van der Waals surface area contributed by atoms with Gasteiger partial charge in [-0.1, -0.05) is 29.3 Å². The summed E-state index contributed by atoms with van der Waals surface area (Å²) in [6.07, 6.45) is -3.80. The van der Waals surface area contributed by atoms with Gasteiger partial charge in [-0.15, -0.1) is 11.8 Å². The number of thioether (sulfide) groups is 1. The van der Waals surface area contributed by atoms with Crippen LogP contribution >= 0.6 is 23.4 Å². The number of ether oxygens (including phenoxy) is 1. The van der Waals surface area contributed by atoms with E-state index in [0.29, 0.717) is 5.02 Å². The van der Waals surface area contributed by atoms with Crippen molar-refractivity contribution in [1.82, 2.24) is 0 Å². The van der Waals surface area contributed by atoms with Crippen molar-refractivity contribution in [2.75, 3.05) is 6.61 Å². The van der Waals surface area contributed by atoms with Crippen LogP contribution in [0.5, 0.6) is 0 Å². The summed E-state index contributed by atoms with van der Waals surface area (Å²) in [5.41, 5.74) is 2.38. The Hall–Kier alpha value is -0.600. The van der Waals surface area contributed by atoms with Gasteiger partial charge in [-0.3, -0.25) is 0 Å². The second-order valence-corrected chi connectivity index (χ2v) is 8.43. The SMILES string of the molecule is CC1=C(Cc2ccc(Cl)cc2)SC([C@@H]2O[C@H](CO)[C@@H](O)[C@H](O)[C@H]2O)C1. The summed E-state index contributed by atoms with van der Waals surface area (Å²) in [5.74, 6) is 0. The van der Waals surface area contributed by atoms with Gasteiger partial charge in [-0.05, 0) is 35.9 Å². The molecule has 6 atom stereocenters. The third-order valence-electron chi connectivity index (χ3n) is 4.85. The fourth-order valence-corrected chi connectivity index (χ4v) is 5.06. The minimum Gasteiger partial charge on any atom is -0.394 e. The molecule has 0 aromatic heterocycles. The molecule has 0 amide bonds. The lowest BCUT2D eigenvalue weighted by molar-refractivity contribution is -0.228. The van der Waals surface area contributed by atoms with Crippen LogP contribution in [0.15, 0.2) is 34.7 Å². The Morgan fingerprint density at radius 2 is 1.80 bits per heavy atom. The highest BCUT2D eigenvalue weighted by atomic mass is 35.5. The van der Waals surface area contributed by atoms with E-state index in [-0.39, 0.29) is 5.25 Å². The van der Waals surface area contributed by atoms with Crippen molar-refractivity contribution in [3.05, 3.63) is 45.3 Å². The summed E-state index contributed by atoms with van der Waals surface area (Å²) in [7, 11) is 0. The van der Waals surface area contributed by atoms with Crippen molar-refractivity contribution in [3.63, 3.8) is 0 Å². The average Bonchev–Trinajstić information content (AvgIpc) is 2.95. The van der Waals surface area contributed by atoms with Crippen molar-refractivity contribution in [2.24, 2.45) is 0 Å². The third kappa shape index (κ3) is 4.06. The molecule has 3 rings (SSSR count). The first kappa shape index (κ1) is 19.2. The number of hydrogen-bond donors (Lipinski definition) is 4. The fourth-order valence-electron chi connectivity index (χ4n) is 3.34. The summed E-state index contributed by atoms with van der Waals surface area (Å²) in [6.45, 7) is 1.66. The zero-order valence-electron chi connectivity index (χ0n) is 13.9. The molecule has 0 aliphatic carbocycles. The van der Waals surface area contributed by atoms with Crippen LogP contribution in [0.4, 0.5) is 0 Å². The molecular weight excluding hydrogens is 364 g/mol. The number of halogens is 1. The summed E-state index contributed by atoms with van der Waals surface area (Å²) in [5, 5.41) is 40.2. The Morgan fingerprint density at radius 3 is 2.44 bits per heavy atom. The van der Waals surface area contributed by atoms with Gasteiger partial charge in [0.25, 0.3) is 0 Å². The van der Waals surface area contributed by atoms with Crippen LogP contribution in [0.2, 0.25) is 5.02 Å². The van der Waals surface area contributed by atoms with Gasteiger partial charge in [0.05, 0.1) is 12.7 Å². The van der Waals surface area contributed by atoms with E-state index in [1.54, 1.807) is 11.8 Å². The number of aliphatic hydroxyl groups is 4. The number of aliphatic hydroxyl groups excluding tert-OH is 4. The predicted molar refractivity (Wildman–Crippen MR) is 97.6 cm³/mol. The van der Waals surface area contributed by atoms with E-state index in [9.17, 15) is 20.4 Å². The van der Waals surface area contributed by atoms with Gasteiger partial charge in [0.2, 0.25) is 0 Å². The highest BCUT2D eigenvalue weighted by Crippen LogP contribution is 2.44. The van der Waals surface area contributed by atoms with Crippen molar-refractivity contribution in [2.45, 2.75) is 55.5 Å². The molecule has 0 bridgehead atoms. The lowest BCUT2D eigenvalue weighted by Crippen LogP contribution is -2.60. The van der Waals surface area contributed by atoms with Crippen molar-refractivity contribution in [3.8, 4) is 0 Å². The predicted octanol–water partition coefficient (Wildman–Crippen LogP) is 1.50. The van der Waals surface area contributed by atoms with Crippen LogP contribution in [0.3, 0.4) is 0 Å². The monoisotopic (exact) mass is 386 g/mol. The minimum atomic E-state index is -1.32. The molecule has 5 nitrogen and oxygen atoms in total. The fraction of sp³-hybridized carbons (Fsp3) is 0.556. The first-order chi connectivity index (χ1) is 11.9. The lowest BCUT2D eigenvalue weighted by atomic mass is 9.91. The molecule has 25 heavy (non-hydrogen) atoms. The van der Waals surface area contributed by atoms with E-state index in [1.807, 2.05) is 24.3 Å². The van der Waals surface area contributed by atoms with Gasteiger partial charge in [0.15, 0.2) is 0 Å². The summed E-state index contributed by atoms with van der Waals surface area (Å²) in [4.78, 5) is 1.21. The van der Waals surface area contributed by atoms with E-state index in [2.05, 4.69) is 6.92 Å². The van der Waals surface area contributed by atoms with Gasteiger partial charge < -0.3 is 25.2 Å². The van der Waals surface area contributed by atoms with Crippen molar-refractivity contribution >= 4 is 23.4 Å². The molecule has 2 aliphatic rings. The van der Waals surface area contributed by atoms with Crippen LogP contribution in [-0.2, 0) is 11.2 Å². The number of rotatable bonds is 4. The normalized spacial score (nSPS) is 36.1. The van der Waals surface area contributed by atoms with Crippen LogP contribution in [0, 0.1) is 0 Å². The smallest absolute Gasteiger partial charge is 0.111 e. The van der Waals surface area contributed by atoms with Crippen LogP contribution < -0.4 is 0 Å². The Balaban J connectivity index is 1.68. The maximum atomic E-state index is 10.3. The molecule has 1 unspecified atom stereocenters. The summed E-state index contributed by atoms with van der Waals surface area (Å²) in [6, 6.07) is 7.71. The maximum Gasteiger partial charge on any atom is 0.111 e. The van der Waals surface area contributed by atoms with E-state index in [1.165, 1.54) is 10.5 Å². The molecule has 1 aromatic rings. The first-order valence-corrected chi connectivity index (χ1v) is 9.56. The van der Waals surface area contributed by atoms with Crippen LogP contribution in [0.25, 0.3) is 0 Å². The molecule has 2 aliphatic heterocycles.